The molecule has 0 saturated carbocycles. The summed E-state index contributed by atoms with van der Waals surface area (Å²) in [7, 11) is 3.24. The Bertz CT molecular complexity index is 71.5. The molecule has 0 radical (unpaired) electrons. The van der Waals surface area contributed by atoms with Crippen LogP contribution in [-0.4, -0.2) is 30.5 Å². The molecule has 0 aromatic heterocycles. The summed E-state index contributed by atoms with van der Waals surface area (Å²) in [6.45, 7) is 4.50. The number of hydrogen-bond acceptors (Lipinski definition) is 5. The Morgan fingerprint density at radius 3 is 2.56 bits per heavy atom. The lowest BCUT2D eigenvalue weighted by Gasteiger charge is -2.24. The van der Waals surface area contributed by atoms with Crippen molar-refractivity contribution in [3.63, 3.8) is 0 Å². The van der Waals surface area contributed by atoms with Crippen LogP contribution >= 0.6 is 32.5 Å². The fraction of sp³-hybridized carbons (Fsp3) is 1.00. The van der Waals surface area contributed by atoms with Gasteiger partial charge in [0.15, 0.2) is 0 Å². The molecule has 0 unspecified atom stereocenters. The Labute approximate surface area is 68.5 Å². The van der Waals surface area contributed by atoms with E-state index in [0.717, 1.165) is 26.2 Å². The second kappa shape index (κ2) is 4.73. The maximum atomic E-state index is 4.05. The molecule has 0 aromatic carbocycles. The summed E-state index contributed by atoms with van der Waals surface area (Å²) >= 11 is 4.05. The molecule has 1 heterocycles. The summed E-state index contributed by atoms with van der Waals surface area (Å²) in [6.07, 6.45) is 0. The molecule has 1 rings (SSSR count). The van der Waals surface area contributed by atoms with Crippen LogP contribution in [0.3, 0.4) is 0 Å². The van der Waals surface area contributed by atoms with Crippen LogP contribution in [0.15, 0.2) is 0 Å². The third-order valence-corrected chi connectivity index (χ3v) is 3.29. The molecule has 0 spiro atoms. The summed E-state index contributed by atoms with van der Waals surface area (Å²) in [4.78, 5) is 0. The SMILES string of the molecule is SSSN1CCNCC1. The summed E-state index contributed by atoms with van der Waals surface area (Å²) in [6, 6.07) is 0. The van der Waals surface area contributed by atoms with Crippen molar-refractivity contribution in [2.45, 2.75) is 0 Å². The highest BCUT2D eigenvalue weighted by Gasteiger charge is 2.08. The molecule has 54 valence electrons. The molecule has 1 saturated heterocycles. The van der Waals surface area contributed by atoms with Crippen molar-refractivity contribution in [1.82, 2.24) is 9.62 Å². The largest absolute Gasteiger partial charge is 0.314 e. The third-order valence-electron chi connectivity index (χ3n) is 1.21. The highest BCUT2D eigenvalue weighted by Crippen LogP contribution is 2.28. The molecule has 9 heavy (non-hydrogen) atoms. The van der Waals surface area contributed by atoms with Crippen LogP contribution in [0.4, 0.5) is 0 Å². The normalized spacial score (nSPS) is 22.3. The molecule has 1 aliphatic heterocycles. The first kappa shape index (κ1) is 8.07. The molecule has 1 N–H and O–H groups in total. The minimum atomic E-state index is 1.11. The van der Waals surface area contributed by atoms with Gasteiger partial charge in [-0.05, 0) is 9.83 Å². The van der Waals surface area contributed by atoms with Gasteiger partial charge in [-0.1, -0.05) is 11.7 Å². The lowest BCUT2D eigenvalue weighted by atomic mass is 10.4. The van der Waals surface area contributed by atoms with E-state index >= 15 is 0 Å². The van der Waals surface area contributed by atoms with Crippen molar-refractivity contribution < 1.29 is 0 Å². The molecule has 0 amide bonds. The molecule has 0 bridgehead atoms. The summed E-state index contributed by atoms with van der Waals surface area (Å²) in [5.41, 5.74) is 0. The molecular formula is C4H10N2S3. The van der Waals surface area contributed by atoms with Gasteiger partial charge in [0.1, 0.15) is 0 Å². The van der Waals surface area contributed by atoms with Crippen LogP contribution in [-0.2, 0) is 0 Å². The maximum Gasteiger partial charge on any atom is 0.0223 e. The monoisotopic (exact) mass is 182 g/mol. The second-order valence-corrected chi connectivity index (χ2v) is 4.88. The van der Waals surface area contributed by atoms with Gasteiger partial charge in [0.2, 0.25) is 0 Å². The Balaban J connectivity index is 2.08. The Morgan fingerprint density at radius 2 is 2.00 bits per heavy atom. The quantitative estimate of drug-likeness (QED) is 0.376. The van der Waals surface area contributed by atoms with E-state index in [2.05, 4.69) is 21.3 Å². The molecule has 1 fully saturated rings. The number of thiol groups is 1. The molecule has 0 aromatic rings. The van der Waals surface area contributed by atoms with Gasteiger partial charge in [-0.25, -0.2) is 4.31 Å². The van der Waals surface area contributed by atoms with E-state index in [4.69, 9.17) is 0 Å². The highest BCUT2D eigenvalue weighted by molar-refractivity contribution is 9.04. The lowest BCUT2D eigenvalue weighted by Crippen LogP contribution is -2.39. The number of nitrogens with zero attached hydrogens (tertiary/aromatic N) is 1. The van der Waals surface area contributed by atoms with E-state index in [1.807, 2.05) is 0 Å². The fourth-order valence-corrected chi connectivity index (χ4v) is 2.77. The van der Waals surface area contributed by atoms with Crippen molar-refractivity contribution in [3.8, 4) is 0 Å². The van der Waals surface area contributed by atoms with Crippen molar-refractivity contribution in [3.05, 3.63) is 0 Å². The van der Waals surface area contributed by atoms with E-state index in [-0.39, 0.29) is 0 Å². The first-order chi connectivity index (χ1) is 4.43. The van der Waals surface area contributed by atoms with Crippen molar-refractivity contribution in [1.29, 1.82) is 0 Å². The van der Waals surface area contributed by atoms with E-state index < -0.39 is 0 Å². The molecular weight excluding hydrogens is 172 g/mol. The Hall–Kier alpha value is 0.970. The number of hydrogen-bond donors (Lipinski definition) is 2. The highest BCUT2D eigenvalue weighted by atomic mass is 33.5. The van der Waals surface area contributed by atoms with Crippen LogP contribution in [0.2, 0.25) is 0 Å². The smallest absolute Gasteiger partial charge is 0.0223 e. The number of nitrogens with one attached hydrogen (secondary N) is 1. The van der Waals surface area contributed by atoms with Crippen molar-refractivity contribution in [2.24, 2.45) is 0 Å². The molecule has 5 heteroatoms. The van der Waals surface area contributed by atoms with Gasteiger partial charge in [0, 0.05) is 37.2 Å². The van der Waals surface area contributed by atoms with Gasteiger partial charge in [0.05, 0.1) is 0 Å². The second-order valence-electron chi connectivity index (χ2n) is 1.83. The van der Waals surface area contributed by atoms with Gasteiger partial charge in [-0.3, -0.25) is 0 Å². The summed E-state index contributed by atoms with van der Waals surface area (Å²) in [5, 5.41) is 3.28. The van der Waals surface area contributed by atoms with Crippen LogP contribution in [0, 0.1) is 0 Å². The zero-order chi connectivity index (χ0) is 6.53. The summed E-state index contributed by atoms with van der Waals surface area (Å²) < 4.78 is 2.31. The Kier molecular flexibility index (Phi) is 4.25. The predicted molar refractivity (Wildman–Crippen MR) is 48.6 cm³/mol. The maximum absolute atomic E-state index is 4.05. The molecule has 0 aliphatic carbocycles. The molecule has 1 aliphatic rings. The van der Waals surface area contributed by atoms with E-state index in [0.29, 0.717) is 0 Å². The molecule has 2 nitrogen and oxygen atoms in total. The van der Waals surface area contributed by atoms with Gasteiger partial charge >= 0.3 is 0 Å². The van der Waals surface area contributed by atoms with Crippen molar-refractivity contribution >= 4 is 32.5 Å². The van der Waals surface area contributed by atoms with E-state index in [1.54, 1.807) is 11.0 Å². The van der Waals surface area contributed by atoms with Gasteiger partial charge in [-0.2, -0.15) is 0 Å². The minimum absolute atomic E-state index is 1.11. The number of piperazine rings is 1. The van der Waals surface area contributed by atoms with Crippen LogP contribution in [0.1, 0.15) is 0 Å². The predicted octanol–water partition coefficient (Wildman–Crippen LogP) is 1.03. The first-order valence-corrected chi connectivity index (χ1v) is 6.03. The first-order valence-electron chi connectivity index (χ1n) is 2.87. The van der Waals surface area contributed by atoms with E-state index in [1.165, 1.54) is 9.83 Å². The fourth-order valence-electron chi connectivity index (χ4n) is 0.766. The zero-order valence-electron chi connectivity index (χ0n) is 5.04. The third kappa shape index (κ3) is 3.04. The van der Waals surface area contributed by atoms with Gasteiger partial charge < -0.3 is 5.32 Å². The van der Waals surface area contributed by atoms with Crippen molar-refractivity contribution in [2.75, 3.05) is 26.2 Å². The van der Waals surface area contributed by atoms with Crippen LogP contribution in [0.25, 0.3) is 0 Å². The minimum Gasteiger partial charge on any atom is -0.314 e. The molecule has 0 atom stereocenters. The van der Waals surface area contributed by atoms with Crippen LogP contribution in [0.5, 0.6) is 0 Å². The Morgan fingerprint density at radius 1 is 1.33 bits per heavy atom. The summed E-state index contributed by atoms with van der Waals surface area (Å²) in [5.74, 6) is 0. The van der Waals surface area contributed by atoms with Crippen LogP contribution < -0.4 is 5.32 Å². The topological polar surface area (TPSA) is 15.3 Å². The van der Waals surface area contributed by atoms with E-state index in [9.17, 15) is 0 Å². The standard InChI is InChI=1S/C4H10N2S3/c7-9-8-6-3-1-5-2-4-6/h5,7H,1-4H2. The average Bonchev–Trinajstić information content (AvgIpc) is 1.91. The zero-order valence-corrected chi connectivity index (χ0v) is 7.57. The lowest BCUT2D eigenvalue weighted by molar-refractivity contribution is 0.399. The average molecular weight is 182 g/mol. The number of rotatable bonds is 2. The van der Waals surface area contributed by atoms with Gasteiger partial charge in [-0.15, -0.1) is 0 Å². The van der Waals surface area contributed by atoms with Gasteiger partial charge in [0.25, 0.3) is 0 Å².